The molecule has 156 valence electrons. The van der Waals surface area contributed by atoms with E-state index in [2.05, 4.69) is 10.0 Å². The molecule has 3 aromatic carbocycles. The number of hydrogen-bond acceptors (Lipinski definition) is 3. The smallest absolute Gasteiger partial charge is 0.261 e. The average molecular weight is 443 g/mol. The summed E-state index contributed by atoms with van der Waals surface area (Å²) in [6, 6.07) is 14.8. The highest BCUT2D eigenvalue weighted by atomic mass is 35.5. The van der Waals surface area contributed by atoms with Crippen LogP contribution in [0.1, 0.15) is 32.6 Å². The van der Waals surface area contributed by atoms with Crippen molar-refractivity contribution in [3.8, 4) is 0 Å². The molecule has 0 radical (unpaired) electrons. The highest BCUT2D eigenvalue weighted by Gasteiger charge is 2.17. The van der Waals surface area contributed by atoms with Crippen molar-refractivity contribution in [2.75, 3.05) is 10.0 Å². The molecular formula is C23H23ClN2O3S. The summed E-state index contributed by atoms with van der Waals surface area (Å²) in [5.74, 6) is -0.250. The average Bonchev–Trinajstić information content (AvgIpc) is 2.66. The Morgan fingerprint density at radius 1 is 0.833 bits per heavy atom. The fourth-order valence-electron chi connectivity index (χ4n) is 3.30. The van der Waals surface area contributed by atoms with Crippen molar-refractivity contribution in [1.82, 2.24) is 0 Å². The number of rotatable bonds is 5. The van der Waals surface area contributed by atoms with Crippen molar-refractivity contribution in [3.63, 3.8) is 0 Å². The first-order valence-corrected chi connectivity index (χ1v) is 11.2. The van der Waals surface area contributed by atoms with E-state index in [-0.39, 0.29) is 10.8 Å². The van der Waals surface area contributed by atoms with Crippen molar-refractivity contribution in [2.45, 2.75) is 32.6 Å². The number of benzene rings is 3. The summed E-state index contributed by atoms with van der Waals surface area (Å²) in [5.41, 5.74) is 5.39. The lowest BCUT2D eigenvalue weighted by Crippen LogP contribution is -2.16. The second kappa shape index (κ2) is 8.50. The van der Waals surface area contributed by atoms with Gasteiger partial charge in [-0.25, -0.2) is 8.42 Å². The zero-order valence-electron chi connectivity index (χ0n) is 17.2. The molecule has 0 aliphatic rings. The Labute approximate surface area is 182 Å². The minimum Gasteiger partial charge on any atom is -0.322 e. The van der Waals surface area contributed by atoms with E-state index in [9.17, 15) is 13.2 Å². The molecule has 0 atom stereocenters. The summed E-state index contributed by atoms with van der Waals surface area (Å²) in [5, 5.41) is 3.42. The van der Waals surface area contributed by atoms with E-state index >= 15 is 0 Å². The van der Waals surface area contributed by atoms with Crippen molar-refractivity contribution >= 4 is 38.9 Å². The van der Waals surface area contributed by atoms with Crippen molar-refractivity contribution in [1.29, 1.82) is 0 Å². The van der Waals surface area contributed by atoms with Gasteiger partial charge in [-0.1, -0.05) is 29.3 Å². The maximum absolute atomic E-state index is 12.7. The monoisotopic (exact) mass is 442 g/mol. The Kier molecular flexibility index (Phi) is 6.19. The van der Waals surface area contributed by atoms with Gasteiger partial charge in [0.05, 0.1) is 10.6 Å². The highest BCUT2D eigenvalue weighted by Crippen LogP contribution is 2.25. The predicted octanol–water partition coefficient (Wildman–Crippen LogP) is 5.63. The van der Waals surface area contributed by atoms with E-state index < -0.39 is 10.0 Å². The standard InChI is InChI=1S/C23H23ClN2O3S/c1-14-11-16(3)22(17(4)12-14)25-23(27)18-5-10-21(15(2)13-18)26-30(28,29)20-8-6-19(24)7-9-20/h5-13,26H,1-4H3,(H,25,27). The van der Waals surface area contributed by atoms with Crippen LogP contribution in [0, 0.1) is 27.7 Å². The number of nitrogens with one attached hydrogen (secondary N) is 2. The molecule has 0 heterocycles. The van der Waals surface area contributed by atoms with Crippen molar-refractivity contribution in [2.24, 2.45) is 0 Å². The van der Waals surface area contributed by atoms with Gasteiger partial charge in [-0.2, -0.15) is 0 Å². The van der Waals surface area contributed by atoms with E-state index in [1.807, 2.05) is 32.9 Å². The van der Waals surface area contributed by atoms with Crippen LogP contribution in [0.2, 0.25) is 5.02 Å². The van der Waals surface area contributed by atoms with E-state index in [4.69, 9.17) is 11.6 Å². The summed E-state index contributed by atoms with van der Waals surface area (Å²) in [6.45, 7) is 7.67. The van der Waals surface area contributed by atoms with Crippen LogP contribution in [0.5, 0.6) is 0 Å². The molecule has 30 heavy (non-hydrogen) atoms. The molecule has 1 amide bonds. The molecule has 0 aliphatic heterocycles. The molecular weight excluding hydrogens is 420 g/mol. The molecule has 0 fully saturated rings. The lowest BCUT2D eigenvalue weighted by atomic mass is 10.0. The van der Waals surface area contributed by atoms with Gasteiger partial charge in [0.25, 0.3) is 15.9 Å². The van der Waals surface area contributed by atoms with E-state index in [1.54, 1.807) is 25.1 Å². The van der Waals surface area contributed by atoms with Gasteiger partial charge >= 0.3 is 0 Å². The fourth-order valence-corrected chi connectivity index (χ4v) is 4.56. The SMILES string of the molecule is Cc1cc(C)c(NC(=O)c2ccc(NS(=O)(=O)c3ccc(Cl)cc3)c(C)c2)c(C)c1. The van der Waals surface area contributed by atoms with E-state index in [0.29, 0.717) is 21.8 Å². The Hall–Kier alpha value is -2.83. The molecule has 2 N–H and O–H groups in total. The van der Waals surface area contributed by atoms with Gasteiger partial charge in [-0.3, -0.25) is 9.52 Å². The Bertz CT molecular complexity index is 1200. The lowest BCUT2D eigenvalue weighted by Gasteiger charge is -2.14. The number of hydrogen-bond donors (Lipinski definition) is 2. The van der Waals surface area contributed by atoms with Crippen molar-refractivity contribution in [3.05, 3.63) is 87.4 Å². The Balaban J connectivity index is 1.81. The number of carbonyl (C=O) groups excluding carboxylic acids is 1. The third kappa shape index (κ3) is 4.83. The molecule has 0 bridgehead atoms. The molecule has 0 spiro atoms. The summed E-state index contributed by atoms with van der Waals surface area (Å²) in [6.07, 6.45) is 0. The molecule has 7 heteroatoms. The van der Waals surface area contributed by atoms with Crippen LogP contribution >= 0.6 is 11.6 Å². The van der Waals surface area contributed by atoms with Gasteiger partial charge in [-0.05, 0) is 86.8 Å². The van der Waals surface area contributed by atoms with Crippen LogP contribution < -0.4 is 10.0 Å². The normalized spacial score (nSPS) is 11.2. The Morgan fingerprint density at radius 2 is 1.43 bits per heavy atom. The molecule has 0 aliphatic carbocycles. The molecule has 0 saturated heterocycles. The summed E-state index contributed by atoms with van der Waals surface area (Å²) >= 11 is 5.83. The van der Waals surface area contributed by atoms with Crippen LogP contribution in [0.15, 0.2) is 59.5 Å². The topological polar surface area (TPSA) is 75.3 Å². The molecule has 3 aromatic rings. The number of amides is 1. The first kappa shape index (κ1) is 21.9. The minimum atomic E-state index is -3.76. The van der Waals surface area contributed by atoms with Crippen molar-refractivity contribution < 1.29 is 13.2 Å². The number of halogens is 1. The molecule has 3 rings (SSSR count). The molecule has 0 aromatic heterocycles. The van der Waals surface area contributed by atoms with Crippen LogP contribution in [-0.4, -0.2) is 14.3 Å². The van der Waals surface area contributed by atoms with Crippen LogP contribution in [0.4, 0.5) is 11.4 Å². The van der Waals surface area contributed by atoms with Gasteiger partial charge in [0.15, 0.2) is 0 Å². The van der Waals surface area contributed by atoms with Crippen LogP contribution in [0.3, 0.4) is 0 Å². The first-order valence-electron chi connectivity index (χ1n) is 9.35. The molecule has 0 saturated carbocycles. The second-order valence-corrected chi connectivity index (χ2v) is 9.44. The second-order valence-electron chi connectivity index (χ2n) is 7.32. The number of sulfonamides is 1. The van der Waals surface area contributed by atoms with Gasteiger partial charge in [0.1, 0.15) is 0 Å². The third-order valence-corrected chi connectivity index (χ3v) is 6.41. The number of carbonyl (C=O) groups is 1. The third-order valence-electron chi connectivity index (χ3n) is 4.77. The van der Waals surface area contributed by atoms with Crippen LogP contribution in [0.25, 0.3) is 0 Å². The zero-order valence-corrected chi connectivity index (χ0v) is 18.8. The number of anilines is 2. The number of aryl methyl sites for hydroxylation is 4. The quantitative estimate of drug-likeness (QED) is 0.537. The maximum Gasteiger partial charge on any atom is 0.261 e. The summed E-state index contributed by atoms with van der Waals surface area (Å²) in [7, 11) is -3.76. The summed E-state index contributed by atoms with van der Waals surface area (Å²) < 4.78 is 27.7. The van der Waals surface area contributed by atoms with Gasteiger partial charge in [-0.15, -0.1) is 0 Å². The maximum atomic E-state index is 12.7. The molecule has 5 nitrogen and oxygen atoms in total. The zero-order chi connectivity index (χ0) is 22.1. The predicted molar refractivity (Wildman–Crippen MR) is 122 cm³/mol. The highest BCUT2D eigenvalue weighted by molar-refractivity contribution is 7.92. The lowest BCUT2D eigenvalue weighted by molar-refractivity contribution is 0.102. The van der Waals surface area contributed by atoms with Gasteiger partial charge in [0.2, 0.25) is 0 Å². The van der Waals surface area contributed by atoms with E-state index in [1.165, 1.54) is 24.3 Å². The molecule has 0 unspecified atom stereocenters. The largest absolute Gasteiger partial charge is 0.322 e. The van der Waals surface area contributed by atoms with Gasteiger partial charge in [0, 0.05) is 16.3 Å². The first-order chi connectivity index (χ1) is 14.1. The minimum absolute atomic E-state index is 0.110. The van der Waals surface area contributed by atoms with E-state index in [0.717, 1.165) is 22.4 Å². The Morgan fingerprint density at radius 3 is 2.00 bits per heavy atom. The van der Waals surface area contributed by atoms with Gasteiger partial charge < -0.3 is 5.32 Å². The summed E-state index contributed by atoms with van der Waals surface area (Å²) in [4.78, 5) is 12.9. The van der Waals surface area contributed by atoms with Crippen LogP contribution in [-0.2, 0) is 10.0 Å². The fraction of sp³-hybridized carbons (Fsp3) is 0.174.